The van der Waals surface area contributed by atoms with E-state index in [1.165, 1.54) is 0 Å². The lowest BCUT2D eigenvalue weighted by molar-refractivity contribution is -0.121. The molecule has 90 valence electrons. The van der Waals surface area contributed by atoms with Crippen LogP contribution < -0.4 is 10.6 Å². The summed E-state index contributed by atoms with van der Waals surface area (Å²) in [6.07, 6.45) is 4.17. The summed E-state index contributed by atoms with van der Waals surface area (Å²) in [5.41, 5.74) is 0. The standard InChI is InChI=1S/C11H20N4O/c1-9(2)14-11(16)4-5-12-8-10-13-6-7-15(10)3/h6-7,9,12H,4-5,8H2,1-3H3,(H,14,16). The molecule has 16 heavy (non-hydrogen) atoms. The van der Waals surface area contributed by atoms with Crippen molar-refractivity contribution in [3.05, 3.63) is 18.2 Å². The number of imidazole rings is 1. The number of aromatic nitrogens is 2. The Morgan fingerprint density at radius 2 is 2.31 bits per heavy atom. The van der Waals surface area contributed by atoms with Crippen LogP contribution in [0.1, 0.15) is 26.1 Å². The van der Waals surface area contributed by atoms with Crippen LogP contribution in [0.2, 0.25) is 0 Å². The first-order valence-electron chi connectivity index (χ1n) is 5.56. The molecule has 0 unspecified atom stereocenters. The number of carbonyl (C=O) groups excluding carboxylic acids is 1. The number of nitrogens with one attached hydrogen (secondary N) is 2. The molecule has 1 aromatic rings. The molecule has 5 nitrogen and oxygen atoms in total. The minimum atomic E-state index is 0.0855. The summed E-state index contributed by atoms with van der Waals surface area (Å²) in [5, 5.41) is 6.04. The fraction of sp³-hybridized carbons (Fsp3) is 0.636. The average Bonchev–Trinajstić information content (AvgIpc) is 2.58. The van der Waals surface area contributed by atoms with E-state index >= 15 is 0 Å². The second-order valence-electron chi connectivity index (χ2n) is 4.10. The quantitative estimate of drug-likeness (QED) is 0.689. The van der Waals surface area contributed by atoms with Crippen LogP contribution >= 0.6 is 0 Å². The molecule has 0 atom stereocenters. The zero-order valence-corrected chi connectivity index (χ0v) is 10.2. The monoisotopic (exact) mass is 224 g/mol. The van der Waals surface area contributed by atoms with Gasteiger partial charge < -0.3 is 15.2 Å². The number of hydrogen-bond donors (Lipinski definition) is 2. The van der Waals surface area contributed by atoms with Gasteiger partial charge in [0.05, 0.1) is 6.54 Å². The van der Waals surface area contributed by atoms with Crippen LogP contribution in [0.15, 0.2) is 12.4 Å². The third-order valence-electron chi connectivity index (χ3n) is 2.18. The van der Waals surface area contributed by atoms with Gasteiger partial charge in [-0.15, -0.1) is 0 Å². The van der Waals surface area contributed by atoms with E-state index in [2.05, 4.69) is 15.6 Å². The van der Waals surface area contributed by atoms with Crippen LogP contribution in [0.5, 0.6) is 0 Å². The first kappa shape index (κ1) is 12.7. The van der Waals surface area contributed by atoms with Crippen LogP contribution in [0.25, 0.3) is 0 Å². The summed E-state index contributed by atoms with van der Waals surface area (Å²) >= 11 is 0. The Morgan fingerprint density at radius 3 is 2.88 bits per heavy atom. The molecule has 0 aliphatic carbocycles. The first-order chi connectivity index (χ1) is 7.59. The van der Waals surface area contributed by atoms with Crippen molar-refractivity contribution >= 4 is 5.91 Å². The summed E-state index contributed by atoms with van der Waals surface area (Å²) in [6.45, 7) is 5.28. The summed E-state index contributed by atoms with van der Waals surface area (Å²) < 4.78 is 1.96. The second kappa shape index (κ2) is 6.27. The number of hydrogen-bond acceptors (Lipinski definition) is 3. The maximum Gasteiger partial charge on any atom is 0.221 e. The van der Waals surface area contributed by atoms with Gasteiger partial charge in [0.15, 0.2) is 0 Å². The summed E-state index contributed by atoms with van der Waals surface area (Å²) in [5.74, 6) is 1.06. The summed E-state index contributed by atoms with van der Waals surface area (Å²) in [6, 6.07) is 0.210. The van der Waals surface area contributed by atoms with E-state index in [0.29, 0.717) is 19.5 Å². The van der Waals surface area contributed by atoms with Crippen LogP contribution in [0.4, 0.5) is 0 Å². The van der Waals surface area contributed by atoms with E-state index in [-0.39, 0.29) is 11.9 Å². The molecule has 0 spiro atoms. The Labute approximate surface area is 96.3 Å². The fourth-order valence-electron chi connectivity index (χ4n) is 1.36. The number of rotatable bonds is 6. The van der Waals surface area contributed by atoms with Gasteiger partial charge in [-0.05, 0) is 13.8 Å². The van der Waals surface area contributed by atoms with Crippen molar-refractivity contribution in [3.63, 3.8) is 0 Å². The smallest absolute Gasteiger partial charge is 0.221 e. The molecule has 0 aromatic carbocycles. The van der Waals surface area contributed by atoms with Gasteiger partial charge in [0.25, 0.3) is 0 Å². The molecule has 2 N–H and O–H groups in total. The molecule has 0 aliphatic rings. The molecule has 0 bridgehead atoms. The van der Waals surface area contributed by atoms with E-state index < -0.39 is 0 Å². The molecule has 1 heterocycles. The highest BCUT2D eigenvalue weighted by atomic mass is 16.1. The predicted octanol–water partition coefficient (Wildman–Crippen LogP) is 0.424. The first-order valence-corrected chi connectivity index (χ1v) is 5.56. The predicted molar refractivity (Wildman–Crippen MR) is 62.8 cm³/mol. The molecule has 0 radical (unpaired) electrons. The van der Waals surface area contributed by atoms with E-state index in [4.69, 9.17) is 0 Å². The van der Waals surface area contributed by atoms with Gasteiger partial charge in [-0.3, -0.25) is 4.79 Å². The lowest BCUT2D eigenvalue weighted by Crippen LogP contribution is -2.32. The highest BCUT2D eigenvalue weighted by molar-refractivity contribution is 5.76. The average molecular weight is 224 g/mol. The zero-order chi connectivity index (χ0) is 12.0. The molecule has 5 heteroatoms. The molecule has 1 aromatic heterocycles. The second-order valence-corrected chi connectivity index (χ2v) is 4.10. The molecule has 0 aliphatic heterocycles. The molecular formula is C11H20N4O. The van der Waals surface area contributed by atoms with Crippen molar-refractivity contribution in [2.75, 3.05) is 6.54 Å². The molecule has 0 saturated carbocycles. The van der Waals surface area contributed by atoms with Crippen LogP contribution in [-0.2, 0) is 18.4 Å². The number of nitrogens with zero attached hydrogens (tertiary/aromatic N) is 2. The molecular weight excluding hydrogens is 204 g/mol. The number of amides is 1. The van der Waals surface area contributed by atoms with E-state index in [9.17, 15) is 4.79 Å². The highest BCUT2D eigenvalue weighted by Gasteiger charge is 2.03. The van der Waals surface area contributed by atoms with E-state index in [1.54, 1.807) is 6.20 Å². The minimum Gasteiger partial charge on any atom is -0.354 e. The van der Waals surface area contributed by atoms with Gasteiger partial charge >= 0.3 is 0 Å². The maximum atomic E-state index is 11.3. The van der Waals surface area contributed by atoms with Crippen molar-refractivity contribution in [2.45, 2.75) is 32.9 Å². The molecule has 1 amide bonds. The van der Waals surface area contributed by atoms with E-state index in [1.807, 2.05) is 31.7 Å². The van der Waals surface area contributed by atoms with Gasteiger partial charge in [0, 0.05) is 38.4 Å². The largest absolute Gasteiger partial charge is 0.354 e. The Morgan fingerprint density at radius 1 is 1.56 bits per heavy atom. The van der Waals surface area contributed by atoms with Crippen molar-refractivity contribution in [1.82, 2.24) is 20.2 Å². The van der Waals surface area contributed by atoms with Gasteiger partial charge in [-0.1, -0.05) is 0 Å². The van der Waals surface area contributed by atoms with Crippen molar-refractivity contribution in [1.29, 1.82) is 0 Å². The maximum absolute atomic E-state index is 11.3. The Hall–Kier alpha value is -1.36. The molecule has 0 fully saturated rings. The lowest BCUT2D eigenvalue weighted by Gasteiger charge is -2.08. The Bertz CT molecular complexity index is 332. The Balaban J connectivity index is 2.13. The lowest BCUT2D eigenvalue weighted by atomic mass is 10.3. The third kappa shape index (κ3) is 4.44. The van der Waals surface area contributed by atoms with Crippen LogP contribution in [0.3, 0.4) is 0 Å². The zero-order valence-electron chi connectivity index (χ0n) is 10.2. The minimum absolute atomic E-state index is 0.0855. The van der Waals surface area contributed by atoms with Crippen molar-refractivity contribution < 1.29 is 4.79 Å². The third-order valence-corrected chi connectivity index (χ3v) is 2.18. The van der Waals surface area contributed by atoms with Gasteiger partial charge in [0.2, 0.25) is 5.91 Å². The topological polar surface area (TPSA) is 59.0 Å². The van der Waals surface area contributed by atoms with Crippen molar-refractivity contribution in [3.8, 4) is 0 Å². The Kier molecular flexibility index (Phi) is 4.98. The number of aryl methyl sites for hydroxylation is 1. The fourth-order valence-corrected chi connectivity index (χ4v) is 1.36. The summed E-state index contributed by atoms with van der Waals surface area (Å²) in [7, 11) is 1.95. The SMILES string of the molecule is CC(C)NC(=O)CCNCc1nccn1C. The molecule has 0 saturated heterocycles. The van der Waals surface area contributed by atoms with Gasteiger partial charge in [-0.25, -0.2) is 4.98 Å². The number of carbonyl (C=O) groups is 1. The van der Waals surface area contributed by atoms with Crippen LogP contribution in [0, 0.1) is 0 Å². The van der Waals surface area contributed by atoms with Crippen LogP contribution in [-0.4, -0.2) is 28.0 Å². The van der Waals surface area contributed by atoms with E-state index in [0.717, 1.165) is 5.82 Å². The van der Waals surface area contributed by atoms with Crippen molar-refractivity contribution in [2.24, 2.45) is 7.05 Å². The highest BCUT2D eigenvalue weighted by Crippen LogP contribution is 1.92. The van der Waals surface area contributed by atoms with Gasteiger partial charge in [-0.2, -0.15) is 0 Å². The molecule has 1 rings (SSSR count). The normalized spacial score (nSPS) is 10.8. The van der Waals surface area contributed by atoms with Gasteiger partial charge in [0.1, 0.15) is 5.82 Å². The summed E-state index contributed by atoms with van der Waals surface area (Å²) in [4.78, 5) is 15.5.